The molecule has 3 rings (SSSR count). The Hall–Kier alpha value is -2.77. The number of ether oxygens (including phenoxy) is 3. The van der Waals surface area contributed by atoms with E-state index in [1.54, 1.807) is 12.0 Å². The van der Waals surface area contributed by atoms with Crippen LogP contribution in [0.1, 0.15) is 32.8 Å². The Kier molecular flexibility index (Phi) is 8.76. The summed E-state index contributed by atoms with van der Waals surface area (Å²) in [5.74, 6) is 1.25. The van der Waals surface area contributed by atoms with Crippen molar-refractivity contribution in [1.29, 1.82) is 0 Å². The van der Waals surface area contributed by atoms with E-state index in [0.29, 0.717) is 41.3 Å². The molecule has 1 heterocycles. The number of hydrogen-bond donors (Lipinski definition) is 0. The molecule has 0 aliphatic carbocycles. The van der Waals surface area contributed by atoms with Crippen LogP contribution in [0.5, 0.6) is 11.5 Å². The molecule has 1 aliphatic rings. The maximum atomic E-state index is 13.2. The molecule has 170 valence electrons. The summed E-state index contributed by atoms with van der Waals surface area (Å²) in [5, 5.41) is 0.649. The van der Waals surface area contributed by atoms with Crippen LogP contribution in [0.3, 0.4) is 0 Å². The lowest BCUT2D eigenvalue weighted by Gasteiger charge is -2.16. The van der Waals surface area contributed by atoms with Gasteiger partial charge >= 0.3 is 0 Å². The van der Waals surface area contributed by atoms with E-state index in [2.05, 4.69) is 6.92 Å². The van der Waals surface area contributed by atoms with Crippen LogP contribution in [0.4, 0.5) is 5.69 Å². The summed E-state index contributed by atoms with van der Waals surface area (Å²) in [4.78, 5) is 20.1. The van der Waals surface area contributed by atoms with E-state index in [9.17, 15) is 4.79 Å². The van der Waals surface area contributed by atoms with Crippen LogP contribution in [0, 0.1) is 0 Å². The number of carbonyl (C=O) groups excluding carboxylic acids is 1. The summed E-state index contributed by atoms with van der Waals surface area (Å²) in [6, 6.07) is 15.3. The van der Waals surface area contributed by atoms with Crippen molar-refractivity contribution < 1.29 is 19.0 Å². The van der Waals surface area contributed by atoms with Crippen LogP contribution in [-0.4, -0.2) is 48.9 Å². The summed E-state index contributed by atoms with van der Waals surface area (Å²) in [5.41, 5.74) is 1.67. The molecule has 1 atom stereocenters. The quantitative estimate of drug-likeness (QED) is 0.350. The second-order valence-electron chi connectivity index (χ2n) is 7.24. The Bertz CT molecular complexity index is 975. The number of amides is 1. The van der Waals surface area contributed by atoms with Crippen molar-refractivity contribution in [1.82, 2.24) is 4.90 Å². The summed E-state index contributed by atoms with van der Waals surface area (Å²) < 4.78 is 16.9. The molecule has 2 aromatic carbocycles. The van der Waals surface area contributed by atoms with E-state index in [1.165, 1.54) is 11.8 Å². The van der Waals surface area contributed by atoms with Crippen molar-refractivity contribution in [3.63, 3.8) is 0 Å². The lowest BCUT2D eigenvalue weighted by Crippen LogP contribution is -2.32. The van der Waals surface area contributed by atoms with Crippen LogP contribution in [0.15, 0.2) is 58.4 Å². The molecule has 2 aromatic rings. The number of hydrogen-bond acceptors (Lipinski definition) is 6. The molecule has 6 nitrogen and oxygen atoms in total. The van der Waals surface area contributed by atoms with E-state index >= 15 is 0 Å². The Morgan fingerprint density at radius 3 is 2.59 bits per heavy atom. The van der Waals surface area contributed by atoms with Crippen molar-refractivity contribution in [3.05, 3.63) is 59.0 Å². The second kappa shape index (κ2) is 11.7. The summed E-state index contributed by atoms with van der Waals surface area (Å²) in [6.07, 6.45) is 2.86. The first kappa shape index (κ1) is 23.9. The Balaban J connectivity index is 1.88. The minimum absolute atomic E-state index is 0.0803. The molecule has 32 heavy (non-hydrogen) atoms. The highest BCUT2D eigenvalue weighted by atomic mass is 32.2. The summed E-state index contributed by atoms with van der Waals surface area (Å²) >= 11 is 1.37. The third-order valence-corrected chi connectivity index (χ3v) is 5.93. The van der Waals surface area contributed by atoms with Crippen molar-refractivity contribution in [2.45, 2.75) is 33.3 Å². The Morgan fingerprint density at radius 2 is 1.91 bits per heavy atom. The van der Waals surface area contributed by atoms with Gasteiger partial charge in [0.2, 0.25) is 0 Å². The third-order valence-electron chi connectivity index (χ3n) is 4.92. The normalized spacial score (nSPS) is 17.2. The van der Waals surface area contributed by atoms with Crippen LogP contribution >= 0.6 is 11.8 Å². The van der Waals surface area contributed by atoms with Crippen molar-refractivity contribution >= 4 is 34.6 Å². The first-order chi connectivity index (χ1) is 15.5. The number of carbonyl (C=O) groups is 1. The van der Waals surface area contributed by atoms with Gasteiger partial charge in [-0.25, -0.2) is 4.99 Å². The number of rotatable bonds is 10. The molecule has 0 N–H and O–H groups in total. The molecule has 0 bridgehead atoms. The Labute approximate surface area is 194 Å². The number of benzene rings is 2. The Morgan fingerprint density at radius 1 is 1.12 bits per heavy atom. The van der Waals surface area contributed by atoms with E-state index in [0.717, 1.165) is 17.7 Å². The summed E-state index contributed by atoms with van der Waals surface area (Å²) in [7, 11) is 1.62. The van der Waals surface area contributed by atoms with Crippen molar-refractivity contribution in [2.75, 3.05) is 26.9 Å². The van der Waals surface area contributed by atoms with Gasteiger partial charge in [-0.15, -0.1) is 0 Å². The molecular formula is C25H30N2O4S. The first-order valence-electron chi connectivity index (χ1n) is 10.8. The number of thioether (sulfide) groups is 1. The topological polar surface area (TPSA) is 60.4 Å². The molecule has 1 saturated heterocycles. The predicted octanol–water partition coefficient (Wildman–Crippen LogP) is 5.51. The molecule has 7 heteroatoms. The van der Waals surface area contributed by atoms with Gasteiger partial charge in [0, 0.05) is 6.61 Å². The number of amidine groups is 1. The lowest BCUT2D eigenvalue weighted by molar-refractivity contribution is -0.122. The van der Waals surface area contributed by atoms with E-state index < -0.39 is 0 Å². The maximum absolute atomic E-state index is 13.2. The van der Waals surface area contributed by atoms with Gasteiger partial charge in [-0.2, -0.15) is 0 Å². The number of aliphatic imine (C=N–C) groups is 1. The van der Waals surface area contributed by atoms with Gasteiger partial charge < -0.3 is 14.2 Å². The van der Waals surface area contributed by atoms with Gasteiger partial charge in [-0.1, -0.05) is 31.2 Å². The molecule has 0 aromatic heterocycles. The zero-order valence-electron chi connectivity index (χ0n) is 19.0. The molecular weight excluding hydrogens is 424 g/mol. The highest BCUT2D eigenvalue weighted by Crippen LogP contribution is 2.36. The fourth-order valence-electron chi connectivity index (χ4n) is 3.02. The minimum Gasteiger partial charge on any atom is -0.493 e. The van der Waals surface area contributed by atoms with Crippen molar-refractivity contribution in [3.8, 4) is 11.5 Å². The van der Waals surface area contributed by atoms with Gasteiger partial charge in [0.1, 0.15) is 0 Å². The van der Waals surface area contributed by atoms with Gasteiger partial charge in [-0.3, -0.25) is 9.69 Å². The third kappa shape index (κ3) is 6.14. The average Bonchev–Trinajstić information content (AvgIpc) is 3.09. The molecule has 1 aliphatic heterocycles. The first-order valence-corrected chi connectivity index (χ1v) is 11.6. The fraction of sp³-hybridized carbons (Fsp3) is 0.360. The van der Waals surface area contributed by atoms with E-state index in [1.807, 2.05) is 68.5 Å². The van der Waals surface area contributed by atoms with Gasteiger partial charge in [0.15, 0.2) is 16.7 Å². The highest BCUT2D eigenvalue weighted by Gasteiger charge is 2.33. The van der Waals surface area contributed by atoms with Gasteiger partial charge in [0.25, 0.3) is 5.91 Å². The van der Waals surface area contributed by atoms with Crippen LogP contribution in [0.2, 0.25) is 0 Å². The van der Waals surface area contributed by atoms with E-state index in [-0.39, 0.29) is 12.0 Å². The molecule has 1 fully saturated rings. The number of para-hydroxylation sites is 1. The van der Waals surface area contributed by atoms with Crippen LogP contribution in [-0.2, 0) is 9.53 Å². The zero-order chi connectivity index (χ0) is 22.9. The van der Waals surface area contributed by atoms with Gasteiger partial charge in [-0.05, 0) is 67.9 Å². The number of methoxy groups -OCH3 is 1. The molecule has 0 saturated carbocycles. The van der Waals surface area contributed by atoms with Crippen LogP contribution in [0.25, 0.3) is 6.08 Å². The monoisotopic (exact) mass is 454 g/mol. The smallest absolute Gasteiger partial charge is 0.266 e. The van der Waals surface area contributed by atoms with Gasteiger partial charge in [0.05, 0.1) is 37.0 Å². The van der Waals surface area contributed by atoms with Crippen LogP contribution < -0.4 is 9.47 Å². The standard InChI is InChI=1S/C25H30N2O4S/c1-5-18(3)31-21-13-12-19(16-22(21)29-4)17-23-24(28)27(14-15-30-6-2)25(32-23)26-20-10-8-7-9-11-20/h7-13,16-18H,5-6,14-15H2,1-4H3/b23-17-,26-25?/t18-/m1/s1. The summed E-state index contributed by atoms with van der Waals surface area (Å²) in [6.45, 7) is 7.55. The SMILES string of the molecule is CCOCCN1C(=O)/C(=C/c2ccc(O[C@H](C)CC)c(OC)c2)SC1=Nc1ccccc1. The average molecular weight is 455 g/mol. The zero-order valence-corrected chi connectivity index (χ0v) is 19.9. The molecule has 0 radical (unpaired) electrons. The minimum atomic E-state index is -0.0803. The molecule has 1 amide bonds. The highest BCUT2D eigenvalue weighted by molar-refractivity contribution is 8.18. The molecule has 0 unspecified atom stereocenters. The largest absolute Gasteiger partial charge is 0.493 e. The number of nitrogens with zero attached hydrogens (tertiary/aromatic N) is 2. The predicted molar refractivity (Wildman–Crippen MR) is 131 cm³/mol. The second-order valence-corrected chi connectivity index (χ2v) is 8.25. The van der Waals surface area contributed by atoms with Crippen molar-refractivity contribution in [2.24, 2.45) is 4.99 Å². The lowest BCUT2D eigenvalue weighted by atomic mass is 10.1. The molecule has 0 spiro atoms. The fourth-order valence-corrected chi connectivity index (χ4v) is 4.05. The maximum Gasteiger partial charge on any atom is 0.266 e. The van der Waals surface area contributed by atoms with E-state index in [4.69, 9.17) is 19.2 Å².